The smallest absolute Gasteiger partial charge is 0.243 e. The topological polar surface area (TPSA) is 38.3 Å². The Kier molecular flexibility index (Phi) is 3.96. The predicted molar refractivity (Wildman–Crippen MR) is 51.4 cm³/mol. The summed E-state index contributed by atoms with van der Waals surface area (Å²) in [6.07, 6.45) is 5.42. The summed E-state index contributed by atoms with van der Waals surface area (Å²) in [5.74, 6) is 0.00148. The van der Waals surface area contributed by atoms with E-state index in [1.165, 1.54) is 0 Å². The lowest BCUT2D eigenvalue weighted by Gasteiger charge is -2.27. The van der Waals surface area contributed by atoms with Gasteiger partial charge in [0.1, 0.15) is 0 Å². The first-order valence-corrected chi connectivity index (χ1v) is 4.77. The number of carbonyl (C=O) groups excluding carboxylic acids is 1. The zero-order chi connectivity index (χ0) is 9.68. The molecule has 0 bridgehead atoms. The summed E-state index contributed by atoms with van der Waals surface area (Å²) in [6, 6.07) is 0.285. The lowest BCUT2D eigenvalue weighted by atomic mass is 10.0. The van der Waals surface area contributed by atoms with Crippen LogP contribution in [0.4, 0.5) is 0 Å². The molecule has 1 saturated heterocycles. The van der Waals surface area contributed by atoms with E-state index >= 15 is 0 Å². The van der Waals surface area contributed by atoms with Crippen molar-refractivity contribution in [1.82, 2.24) is 5.32 Å². The van der Waals surface area contributed by atoms with E-state index in [0.717, 1.165) is 19.4 Å². The molecule has 3 nitrogen and oxygen atoms in total. The average molecular weight is 183 g/mol. The Bertz CT molecular complexity index is 201. The molecule has 1 fully saturated rings. The SMILES string of the molecule is C/C=C/C(=O)NC1CCOC(C)C1. The first kappa shape index (κ1) is 10.3. The molecule has 0 aromatic rings. The molecule has 2 atom stereocenters. The van der Waals surface area contributed by atoms with Gasteiger partial charge in [-0.25, -0.2) is 0 Å². The minimum Gasteiger partial charge on any atom is -0.378 e. The predicted octanol–water partition coefficient (Wildman–Crippen LogP) is 1.25. The van der Waals surface area contributed by atoms with E-state index in [-0.39, 0.29) is 18.1 Å². The molecule has 1 aliphatic rings. The summed E-state index contributed by atoms with van der Waals surface area (Å²) in [5, 5.41) is 2.94. The molecule has 1 amide bonds. The molecular weight excluding hydrogens is 166 g/mol. The number of nitrogens with one attached hydrogen (secondary N) is 1. The molecule has 0 aromatic heterocycles. The maximum Gasteiger partial charge on any atom is 0.243 e. The van der Waals surface area contributed by atoms with Gasteiger partial charge in [0.05, 0.1) is 6.10 Å². The molecule has 0 saturated carbocycles. The second-order valence-electron chi connectivity index (χ2n) is 3.41. The van der Waals surface area contributed by atoms with E-state index < -0.39 is 0 Å². The fraction of sp³-hybridized carbons (Fsp3) is 0.700. The van der Waals surface area contributed by atoms with E-state index in [4.69, 9.17) is 4.74 Å². The van der Waals surface area contributed by atoms with Gasteiger partial charge in [0, 0.05) is 12.6 Å². The lowest BCUT2D eigenvalue weighted by Crippen LogP contribution is -2.40. The van der Waals surface area contributed by atoms with Crippen molar-refractivity contribution in [2.45, 2.75) is 38.8 Å². The largest absolute Gasteiger partial charge is 0.378 e. The molecule has 1 aliphatic heterocycles. The molecule has 2 unspecified atom stereocenters. The summed E-state index contributed by atoms with van der Waals surface area (Å²) < 4.78 is 5.38. The third-order valence-electron chi connectivity index (χ3n) is 2.15. The molecule has 0 radical (unpaired) electrons. The second-order valence-corrected chi connectivity index (χ2v) is 3.41. The zero-order valence-electron chi connectivity index (χ0n) is 8.25. The van der Waals surface area contributed by atoms with Crippen molar-refractivity contribution in [3.05, 3.63) is 12.2 Å². The van der Waals surface area contributed by atoms with Crippen LogP contribution in [0.15, 0.2) is 12.2 Å². The molecule has 0 spiro atoms. The Morgan fingerprint density at radius 1 is 1.62 bits per heavy atom. The van der Waals surface area contributed by atoms with Crippen LogP contribution in [-0.4, -0.2) is 24.7 Å². The molecule has 1 heterocycles. The Hall–Kier alpha value is -0.830. The third kappa shape index (κ3) is 3.59. The van der Waals surface area contributed by atoms with Crippen LogP contribution in [-0.2, 0) is 9.53 Å². The van der Waals surface area contributed by atoms with Crippen LogP contribution >= 0.6 is 0 Å². The fourth-order valence-electron chi connectivity index (χ4n) is 1.53. The molecule has 74 valence electrons. The molecule has 0 aliphatic carbocycles. The molecule has 0 aromatic carbocycles. The molecule has 3 heteroatoms. The van der Waals surface area contributed by atoms with Gasteiger partial charge >= 0.3 is 0 Å². The summed E-state index contributed by atoms with van der Waals surface area (Å²) in [4.78, 5) is 11.2. The highest BCUT2D eigenvalue weighted by Crippen LogP contribution is 2.12. The standard InChI is InChI=1S/C10H17NO2/c1-3-4-10(12)11-9-5-6-13-8(2)7-9/h3-4,8-9H,5-7H2,1-2H3,(H,11,12)/b4-3+. The first-order chi connectivity index (χ1) is 6.22. The van der Waals surface area contributed by atoms with E-state index in [1.807, 2.05) is 13.8 Å². The number of carbonyl (C=O) groups is 1. The molecule has 13 heavy (non-hydrogen) atoms. The number of ether oxygens (including phenoxy) is 1. The Morgan fingerprint density at radius 3 is 3.00 bits per heavy atom. The van der Waals surface area contributed by atoms with Crippen LogP contribution in [0, 0.1) is 0 Å². The van der Waals surface area contributed by atoms with Crippen molar-refractivity contribution in [3.8, 4) is 0 Å². The number of rotatable bonds is 2. The van der Waals surface area contributed by atoms with Gasteiger partial charge in [0.2, 0.25) is 5.91 Å². The Morgan fingerprint density at radius 2 is 2.38 bits per heavy atom. The third-order valence-corrected chi connectivity index (χ3v) is 2.15. The normalized spacial score (nSPS) is 29.1. The van der Waals surface area contributed by atoms with Crippen LogP contribution in [0.2, 0.25) is 0 Å². The number of amides is 1. The van der Waals surface area contributed by atoms with Gasteiger partial charge in [-0.15, -0.1) is 0 Å². The van der Waals surface area contributed by atoms with E-state index in [1.54, 1.807) is 12.2 Å². The van der Waals surface area contributed by atoms with Crippen LogP contribution in [0.3, 0.4) is 0 Å². The summed E-state index contributed by atoms with van der Waals surface area (Å²) >= 11 is 0. The van der Waals surface area contributed by atoms with Gasteiger partial charge in [0.25, 0.3) is 0 Å². The maximum atomic E-state index is 11.2. The Labute approximate surface area is 79.2 Å². The lowest BCUT2D eigenvalue weighted by molar-refractivity contribution is -0.118. The van der Waals surface area contributed by atoms with Gasteiger partial charge in [-0.1, -0.05) is 6.08 Å². The first-order valence-electron chi connectivity index (χ1n) is 4.77. The minimum atomic E-state index is 0.00148. The zero-order valence-corrected chi connectivity index (χ0v) is 8.25. The van der Waals surface area contributed by atoms with Crippen molar-refractivity contribution in [2.24, 2.45) is 0 Å². The van der Waals surface area contributed by atoms with Crippen molar-refractivity contribution >= 4 is 5.91 Å². The van der Waals surface area contributed by atoms with Crippen LogP contribution < -0.4 is 5.32 Å². The molecule has 1 rings (SSSR count). The van der Waals surface area contributed by atoms with Crippen molar-refractivity contribution in [3.63, 3.8) is 0 Å². The van der Waals surface area contributed by atoms with Gasteiger partial charge in [-0.2, -0.15) is 0 Å². The minimum absolute atomic E-state index is 0.00148. The quantitative estimate of drug-likeness (QED) is 0.654. The number of hydrogen-bond acceptors (Lipinski definition) is 2. The van der Waals surface area contributed by atoms with Gasteiger partial charge in [-0.3, -0.25) is 4.79 Å². The summed E-state index contributed by atoms with van der Waals surface area (Å²) in [5.41, 5.74) is 0. The average Bonchev–Trinajstić information content (AvgIpc) is 2.04. The monoisotopic (exact) mass is 183 g/mol. The fourth-order valence-corrected chi connectivity index (χ4v) is 1.53. The highest BCUT2D eigenvalue weighted by Gasteiger charge is 2.19. The van der Waals surface area contributed by atoms with Crippen molar-refractivity contribution < 1.29 is 9.53 Å². The van der Waals surface area contributed by atoms with Crippen LogP contribution in [0.1, 0.15) is 26.7 Å². The molecular formula is C10H17NO2. The summed E-state index contributed by atoms with van der Waals surface area (Å²) in [6.45, 7) is 4.63. The van der Waals surface area contributed by atoms with Gasteiger partial charge < -0.3 is 10.1 Å². The molecule has 1 N–H and O–H groups in total. The second kappa shape index (κ2) is 5.02. The van der Waals surface area contributed by atoms with E-state index in [2.05, 4.69) is 5.32 Å². The van der Waals surface area contributed by atoms with Gasteiger partial charge in [-0.05, 0) is 32.8 Å². The van der Waals surface area contributed by atoms with Crippen LogP contribution in [0.5, 0.6) is 0 Å². The number of allylic oxidation sites excluding steroid dienone is 1. The van der Waals surface area contributed by atoms with Crippen molar-refractivity contribution in [2.75, 3.05) is 6.61 Å². The Balaban J connectivity index is 2.31. The highest BCUT2D eigenvalue weighted by atomic mass is 16.5. The van der Waals surface area contributed by atoms with Gasteiger partial charge in [0.15, 0.2) is 0 Å². The summed E-state index contributed by atoms with van der Waals surface area (Å²) in [7, 11) is 0. The van der Waals surface area contributed by atoms with Crippen LogP contribution in [0.25, 0.3) is 0 Å². The van der Waals surface area contributed by atoms with E-state index in [0.29, 0.717) is 0 Å². The van der Waals surface area contributed by atoms with E-state index in [9.17, 15) is 4.79 Å². The highest BCUT2D eigenvalue weighted by molar-refractivity contribution is 5.87. The maximum absolute atomic E-state index is 11.2. The van der Waals surface area contributed by atoms with Crippen molar-refractivity contribution in [1.29, 1.82) is 0 Å². The number of hydrogen-bond donors (Lipinski definition) is 1.